The lowest BCUT2D eigenvalue weighted by molar-refractivity contribution is 0.566. The molecule has 0 fully saturated rings. The minimum Gasteiger partial charge on any atom is -0.314 e. The second-order valence-electron chi connectivity index (χ2n) is 3.67. The van der Waals surface area contributed by atoms with E-state index in [-0.39, 0.29) is 11.8 Å². The standard InChI is InChI=1S/C11H16BrNO2S/c1-3-13-9(2)8-16(14,15)11-7-5-4-6-10(11)12/h4-7,9,13H,3,8H2,1-2H3. The van der Waals surface area contributed by atoms with Gasteiger partial charge in [-0.05, 0) is 41.5 Å². The molecule has 0 amide bonds. The van der Waals surface area contributed by atoms with E-state index in [1.54, 1.807) is 24.3 Å². The van der Waals surface area contributed by atoms with Crippen LogP contribution in [-0.2, 0) is 9.84 Å². The van der Waals surface area contributed by atoms with E-state index in [0.717, 1.165) is 6.54 Å². The molecule has 0 bridgehead atoms. The first-order chi connectivity index (χ1) is 7.47. The summed E-state index contributed by atoms with van der Waals surface area (Å²) in [5.74, 6) is 0.115. The Morgan fingerprint density at radius 2 is 2.00 bits per heavy atom. The van der Waals surface area contributed by atoms with E-state index in [9.17, 15) is 8.42 Å². The highest BCUT2D eigenvalue weighted by Gasteiger charge is 2.19. The van der Waals surface area contributed by atoms with Gasteiger partial charge in [0, 0.05) is 10.5 Å². The van der Waals surface area contributed by atoms with Crippen molar-refractivity contribution in [3.8, 4) is 0 Å². The lowest BCUT2D eigenvalue weighted by atomic mass is 10.4. The average molecular weight is 306 g/mol. The SMILES string of the molecule is CCNC(C)CS(=O)(=O)c1ccccc1Br. The predicted octanol–water partition coefficient (Wildman–Crippen LogP) is 2.22. The van der Waals surface area contributed by atoms with Gasteiger partial charge in [-0.3, -0.25) is 0 Å². The first-order valence-corrected chi connectivity index (χ1v) is 7.62. The van der Waals surface area contributed by atoms with E-state index in [4.69, 9.17) is 0 Å². The molecule has 1 rings (SSSR count). The van der Waals surface area contributed by atoms with Gasteiger partial charge in [0.1, 0.15) is 0 Å². The van der Waals surface area contributed by atoms with Gasteiger partial charge in [-0.25, -0.2) is 8.42 Å². The lowest BCUT2D eigenvalue weighted by Gasteiger charge is -2.13. The summed E-state index contributed by atoms with van der Waals surface area (Å²) in [6.45, 7) is 4.60. The van der Waals surface area contributed by atoms with E-state index < -0.39 is 9.84 Å². The molecule has 0 aliphatic rings. The topological polar surface area (TPSA) is 46.2 Å². The second-order valence-corrected chi connectivity index (χ2v) is 6.53. The average Bonchev–Trinajstić information content (AvgIpc) is 2.17. The summed E-state index contributed by atoms with van der Waals surface area (Å²) in [5, 5.41) is 3.10. The minimum atomic E-state index is -3.22. The normalized spacial score (nSPS) is 13.7. The van der Waals surface area contributed by atoms with Crippen molar-refractivity contribution in [1.29, 1.82) is 0 Å². The van der Waals surface area contributed by atoms with Crippen molar-refractivity contribution in [3.05, 3.63) is 28.7 Å². The van der Waals surface area contributed by atoms with Gasteiger partial charge in [0.2, 0.25) is 0 Å². The number of rotatable bonds is 5. The lowest BCUT2D eigenvalue weighted by Crippen LogP contribution is -2.32. The van der Waals surface area contributed by atoms with Crippen LogP contribution >= 0.6 is 15.9 Å². The predicted molar refractivity (Wildman–Crippen MR) is 69.3 cm³/mol. The summed E-state index contributed by atoms with van der Waals surface area (Å²) in [7, 11) is -3.22. The molecule has 0 aromatic heterocycles. The Balaban J connectivity index is 2.91. The number of sulfone groups is 1. The molecule has 3 nitrogen and oxygen atoms in total. The highest BCUT2D eigenvalue weighted by atomic mass is 79.9. The van der Waals surface area contributed by atoms with Crippen LogP contribution in [0.3, 0.4) is 0 Å². The maximum absolute atomic E-state index is 12.1. The van der Waals surface area contributed by atoms with Gasteiger partial charge < -0.3 is 5.32 Å². The number of nitrogens with one attached hydrogen (secondary N) is 1. The maximum Gasteiger partial charge on any atom is 0.181 e. The maximum atomic E-state index is 12.1. The summed E-state index contributed by atoms with van der Waals surface area (Å²) in [6, 6.07) is 6.86. The summed E-state index contributed by atoms with van der Waals surface area (Å²) >= 11 is 3.26. The molecule has 16 heavy (non-hydrogen) atoms. The summed E-state index contributed by atoms with van der Waals surface area (Å²) in [6.07, 6.45) is 0. The van der Waals surface area contributed by atoms with Crippen LogP contribution in [0.1, 0.15) is 13.8 Å². The van der Waals surface area contributed by atoms with Crippen LogP contribution in [0, 0.1) is 0 Å². The van der Waals surface area contributed by atoms with E-state index in [1.165, 1.54) is 0 Å². The van der Waals surface area contributed by atoms with Gasteiger partial charge in [-0.1, -0.05) is 19.1 Å². The van der Waals surface area contributed by atoms with Gasteiger partial charge in [-0.2, -0.15) is 0 Å². The fourth-order valence-corrected chi connectivity index (χ4v) is 4.15. The summed E-state index contributed by atoms with van der Waals surface area (Å²) in [5.41, 5.74) is 0. The smallest absolute Gasteiger partial charge is 0.181 e. The van der Waals surface area contributed by atoms with Crippen LogP contribution < -0.4 is 5.32 Å². The molecule has 0 spiro atoms. The first-order valence-electron chi connectivity index (χ1n) is 5.18. The molecule has 0 aliphatic carbocycles. The third-order valence-electron chi connectivity index (χ3n) is 2.19. The molecule has 90 valence electrons. The zero-order valence-corrected chi connectivity index (χ0v) is 11.8. The van der Waals surface area contributed by atoms with Crippen LogP contribution in [0.2, 0.25) is 0 Å². The van der Waals surface area contributed by atoms with Gasteiger partial charge in [0.05, 0.1) is 10.6 Å². The van der Waals surface area contributed by atoms with Crippen molar-refractivity contribution in [1.82, 2.24) is 5.32 Å². The number of hydrogen-bond acceptors (Lipinski definition) is 3. The van der Waals surface area contributed by atoms with Crippen molar-refractivity contribution >= 4 is 25.8 Å². The van der Waals surface area contributed by atoms with E-state index in [1.807, 2.05) is 13.8 Å². The summed E-state index contributed by atoms with van der Waals surface area (Å²) in [4.78, 5) is 0.361. The molecule has 1 aromatic carbocycles. The molecule has 1 unspecified atom stereocenters. The van der Waals surface area contributed by atoms with Crippen LogP contribution in [-0.4, -0.2) is 26.8 Å². The molecule has 1 aromatic rings. The fraction of sp³-hybridized carbons (Fsp3) is 0.455. The van der Waals surface area contributed by atoms with Crippen molar-refractivity contribution in [2.24, 2.45) is 0 Å². The zero-order chi connectivity index (χ0) is 12.2. The van der Waals surface area contributed by atoms with Crippen LogP contribution in [0.5, 0.6) is 0 Å². The van der Waals surface area contributed by atoms with Gasteiger partial charge >= 0.3 is 0 Å². The Kier molecular flexibility index (Phi) is 4.95. The Hall–Kier alpha value is -0.390. The molecule has 0 radical (unpaired) electrons. The molecule has 0 heterocycles. The van der Waals surface area contributed by atoms with Crippen molar-refractivity contribution in [3.63, 3.8) is 0 Å². The molecule has 0 saturated heterocycles. The van der Waals surface area contributed by atoms with E-state index in [2.05, 4.69) is 21.2 Å². The molecule has 1 N–H and O–H groups in total. The molecule has 1 atom stereocenters. The number of hydrogen-bond donors (Lipinski definition) is 1. The highest BCUT2D eigenvalue weighted by molar-refractivity contribution is 9.10. The van der Waals surface area contributed by atoms with Gasteiger partial charge in [0.25, 0.3) is 0 Å². The second kappa shape index (κ2) is 5.80. The number of halogens is 1. The van der Waals surface area contributed by atoms with Crippen molar-refractivity contribution < 1.29 is 8.42 Å². The molecule has 5 heteroatoms. The van der Waals surface area contributed by atoms with E-state index >= 15 is 0 Å². The van der Waals surface area contributed by atoms with Crippen molar-refractivity contribution in [2.45, 2.75) is 24.8 Å². The van der Waals surface area contributed by atoms with Gasteiger partial charge in [-0.15, -0.1) is 0 Å². The van der Waals surface area contributed by atoms with Crippen LogP contribution in [0.25, 0.3) is 0 Å². The summed E-state index contributed by atoms with van der Waals surface area (Å²) < 4.78 is 24.8. The largest absolute Gasteiger partial charge is 0.314 e. The first kappa shape index (κ1) is 13.7. The monoisotopic (exact) mass is 305 g/mol. The van der Waals surface area contributed by atoms with Crippen LogP contribution in [0.4, 0.5) is 0 Å². The Morgan fingerprint density at radius 3 is 2.56 bits per heavy atom. The molecular formula is C11H16BrNO2S. The third-order valence-corrected chi connectivity index (χ3v) is 5.11. The quantitative estimate of drug-likeness (QED) is 0.907. The zero-order valence-electron chi connectivity index (χ0n) is 9.40. The minimum absolute atomic E-state index is 0.0397. The number of benzene rings is 1. The van der Waals surface area contributed by atoms with Crippen LogP contribution in [0.15, 0.2) is 33.6 Å². The molecule has 0 aliphatic heterocycles. The highest BCUT2D eigenvalue weighted by Crippen LogP contribution is 2.22. The Bertz CT molecular complexity index is 445. The fourth-order valence-electron chi connectivity index (χ4n) is 1.52. The Morgan fingerprint density at radius 1 is 1.38 bits per heavy atom. The van der Waals surface area contributed by atoms with Gasteiger partial charge in [0.15, 0.2) is 9.84 Å². The Labute approximate surface area is 105 Å². The van der Waals surface area contributed by atoms with Crippen molar-refractivity contribution in [2.75, 3.05) is 12.3 Å². The van der Waals surface area contributed by atoms with E-state index in [0.29, 0.717) is 9.37 Å². The molecular weight excluding hydrogens is 290 g/mol. The molecule has 0 saturated carbocycles. The third kappa shape index (κ3) is 3.57.